The molecule has 1 saturated carbocycles. The Balaban J connectivity index is 1.82. The fraction of sp³-hybridized carbons (Fsp3) is 0.357. The molecule has 0 atom stereocenters. The number of nitrogens with zero attached hydrogens (tertiary/aromatic N) is 1. The summed E-state index contributed by atoms with van der Waals surface area (Å²) in [5.41, 5.74) is 8.61. The number of nitrogens with one attached hydrogen (secondary N) is 1. The number of nitrogens with two attached hydrogens (primary N) is 1. The minimum Gasteiger partial charge on any atom is -0.392 e. The quantitative estimate of drug-likeness (QED) is 0.856. The molecule has 1 heterocycles. The van der Waals surface area contributed by atoms with Gasteiger partial charge >= 0.3 is 0 Å². The Hall–Kier alpha value is -1.53. The van der Waals surface area contributed by atoms with E-state index in [1.165, 1.54) is 0 Å². The summed E-state index contributed by atoms with van der Waals surface area (Å²) in [6.45, 7) is 2.10. The van der Waals surface area contributed by atoms with E-state index in [-0.39, 0.29) is 5.91 Å². The molecule has 4 nitrogen and oxygen atoms in total. The fourth-order valence-electron chi connectivity index (χ4n) is 2.81. The fourth-order valence-corrected chi connectivity index (χ4v) is 3.79. The van der Waals surface area contributed by atoms with Crippen LogP contribution in [0.2, 0.25) is 0 Å². The third kappa shape index (κ3) is 2.09. The molecule has 1 aromatic carbocycles. The van der Waals surface area contributed by atoms with Crippen LogP contribution >= 0.6 is 23.6 Å². The van der Waals surface area contributed by atoms with Gasteiger partial charge in [-0.1, -0.05) is 19.1 Å². The minimum absolute atomic E-state index is 0.0908. The Morgan fingerprint density at radius 1 is 1.55 bits per heavy atom. The van der Waals surface area contributed by atoms with Crippen molar-refractivity contribution < 1.29 is 4.79 Å². The second-order valence-corrected chi connectivity index (χ2v) is 6.77. The predicted octanol–water partition coefficient (Wildman–Crippen LogP) is 2.94. The van der Waals surface area contributed by atoms with E-state index in [1.54, 1.807) is 16.8 Å². The monoisotopic (exact) mass is 305 g/mol. The number of fused-ring (bicyclic) bond motifs is 1. The Morgan fingerprint density at radius 2 is 2.30 bits per heavy atom. The summed E-state index contributed by atoms with van der Waals surface area (Å²) < 4.78 is 1.05. The highest BCUT2D eigenvalue weighted by Gasteiger charge is 2.50. The van der Waals surface area contributed by atoms with Crippen LogP contribution in [-0.4, -0.2) is 15.9 Å². The van der Waals surface area contributed by atoms with Crippen LogP contribution in [0.3, 0.4) is 0 Å². The second kappa shape index (κ2) is 4.79. The van der Waals surface area contributed by atoms with Crippen LogP contribution in [0.1, 0.15) is 19.8 Å². The molecule has 20 heavy (non-hydrogen) atoms. The average Bonchev–Trinajstić information content (AvgIpc) is 2.81. The topological polar surface area (TPSA) is 68.0 Å². The smallest absolute Gasteiger partial charge is 0.237 e. The van der Waals surface area contributed by atoms with Crippen molar-refractivity contribution in [2.75, 3.05) is 5.32 Å². The van der Waals surface area contributed by atoms with Gasteiger partial charge in [0.15, 0.2) is 0 Å². The number of rotatable bonds is 3. The van der Waals surface area contributed by atoms with Crippen LogP contribution in [0.15, 0.2) is 23.7 Å². The van der Waals surface area contributed by atoms with E-state index >= 15 is 0 Å². The molecule has 1 fully saturated rings. The van der Waals surface area contributed by atoms with Gasteiger partial charge in [-0.3, -0.25) is 4.79 Å². The molecule has 0 spiro atoms. The normalized spacial score (nSPS) is 25.1. The van der Waals surface area contributed by atoms with Crippen molar-refractivity contribution in [3.63, 3.8) is 0 Å². The maximum atomic E-state index is 12.5. The number of hydrogen-bond donors (Lipinski definition) is 2. The summed E-state index contributed by atoms with van der Waals surface area (Å²) in [6, 6.07) is 5.69. The van der Waals surface area contributed by atoms with Gasteiger partial charge in [0.05, 0.1) is 26.1 Å². The van der Waals surface area contributed by atoms with Crippen molar-refractivity contribution >= 4 is 50.4 Å². The van der Waals surface area contributed by atoms with E-state index in [1.807, 2.05) is 18.2 Å². The Morgan fingerprint density at radius 3 is 2.95 bits per heavy atom. The maximum Gasteiger partial charge on any atom is 0.237 e. The largest absolute Gasteiger partial charge is 0.392 e. The van der Waals surface area contributed by atoms with Crippen molar-refractivity contribution in [1.29, 1.82) is 0 Å². The number of thiocarbonyl (C=S) groups is 1. The zero-order valence-electron chi connectivity index (χ0n) is 11.1. The molecule has 6 heteroatoms. The molecule has 0 bridgehead atoms. The number of aromatic nitrogens is 1. The minimum atomic E-state index is -0.669. The number of hydrogen-bond acceptors (Lipinski definition) is 4. The van der Waals surface area contributed by atoms with Gasteiger partial charge in [0, 0.05) is 5.69 Å². The van der Waals surface area contributed by atoms with Crippen LogP contribution in [0, 0.1) is 11.3 Å². The summed E-state index contributed by atoms with van der Waals surface area (Å²) in [5, 5.41) is 2.94. The van der Waals surface area contributed by atoms with Crippen LogP contribution in [0.5, 0.6) is 0 Å². The number of anilines is 1. The number of benzene rings is 1. The van der Waals surface area contributed by atoms with E-state index in [4.69, 9.17) is 18.0 Å². The van der Waals surface area contributed by atoms with Gasteiger partial charge in [-0.2, -0.15) is 0 Å². The Bertz CT molecular complexity index is 689. The third-order valence-corrected chi connectivity index (χ3v) is 5.07. The van der Waals surface area contributed by atoms with E-state index < -0.39 is 5.41 Å². The highest BCUT2D eigenvalue weighted by molar-refractivity contribution is 7.80. The van der Waals surface area contributed by atoms with Gasteiger partial charge in [0.25, 0.3) is 0 Å². The lowest BCUT2D eigenvalue weighted by Gasteiger charge is -2.44. The number of carbonyl (C=O) groups excluding carboxylic acids is 1. The highest BCUT2D eigenvalue weighted by atomic mass is 32.1. The van der Waals surface area contributed by atoms with E-state index in [2.05, 4.69) is 17.2 Å². The average molecular weight is 305 g/mol. The molecule has 0 aliphatic heterocycles. The van der Waals surface area contributed by atoms with Crippen molar-refractivity contribution in [3.8, 4) is 0 Å². The van der Waals surface area contributed by atoms with Crippen LogP contribution in [-0.2, 0) is 4.79 Å². The SMILES string of the molecule is CC1CC(C(=O)Nc2ccc3ncsc3c2)(C(N)=S)C1. The molecule has 1 amide bonds. The lowest BCUT2D eigenvalue weighted by atomic mass is 9.62. The lowest BCUT2D eigenvalue weighted by molar-refractivity contribution is -0.127. The van der Waals surface area contributed by atoms with Gasteiger partial charge in [-0.15, -0.1) is 11.3 Å². The number of carbonyl (C=O) groups is 1. The van der Waals surface area contributed by atoms with Crippen molar-refractivity contribution in [1.82, 2.24) is 4.98 Å². The first-order valence-corrected chi connectivity index (χ1v) is 7.75. The van der Waals surface area contributed by atoms with Crippen molar-refractivity contribution in [3.05, 3.63) is 23.7 Å². The van der Waals surface area contributed by atoms with Crippen LogP contribution in [0.25, 0.3) is 10.2 Å². The molecule has 1 aliphatic rings. The van der Waals surface area contributed by atoms with Crippen molar-refractivity contribution in [2.45, 2.75) is 19.8 Å². The first-order valence-electron chi connectivity index (χ1n) is 6.46. The molecule has 1 aliphatic carbocycles. The molecular formula is C14H15N3OS2. The molecule has 2 aromatic rings. The standard InChI is InChI=1S/C14H15N3OS2/c1-8-5-14(6-8,12(15)19)13(18)17-9-2-3-10-11(4-9)20-7-16-10/h2-4,7-8H,5-6H2,1H3,(H2,15,19)(H,17,18). The Kier molecular flexibility index (Phi) is 3.22. The molecule has 3 N–H and O–H groups in total. The number of thiazole rings is 1. The van der Waals surface area contributed by atoms with Gasteiger partial charge in [-0.25, -0.2) is 4.98 Å². The van der Waals surface area contributed by atoms with Gasteiger partial charge < -0.3 is 11.1 Å². The first-order chi connectivity index (χ1) is 9.51. The summed E-state index contributed by atoms with van der Waals surface area (Å²) >= 11 is 6.65. The second-order valence-electron chi connectivity index (χ2n) is 5.45. The molecule has 1 aromatic heterocycles. The predicted molar refractivity (Wildman–Crippen MR) is 85.9 cm³/mol. The third-order valence-electron chi connectivity index (χ3n) is 3.89. The molecule has 3 rings (SSSR count). The lowest BCUT2D eigenvalue weighted by Crippen LogP contribution is -2.53. The van der Waals surface area contributed by atoms with E-state index in [0.717, 1.165) is 28.7 Å². The van der Waals surface area contributed by atoms with Gasteiger partial charge in [-0.05, 0) is 37.0 Å². The molecule has 0 radical (unpaired) electrons. The van der Waals surface area contributed by atoms with Crippen LogP contribution in [0.4, 0.5) is 5.69 Å². The van der Waals surface area contributed by atoms with Crippen LogP contribution < -0.4 is 11.1 Å². The van der Waals surface area contributed by atoms with Crippen molar-refractivity contribution in [2.24, 2.45) is 17.1 Å². The Labute approximate surface area is 126 Å². The first kappa shape index (κ1) is 13.5. The maximum absolute atomic E-state index is 12.5. The molecule has 0 unspecified atom stereocenters. The number of amides is 1. The zero-order valence-corrected chi connectivity index (χ0v) is 12.7. The van der Waals surface area contributed by atoms with Gasteiger partial charge in [0.1, 0.15) is 0 Å². The molecule has 0 saturated heterocycles. The van der Waals surface area contributed by atoms with Gasteiger partial charge in [0.2, 0.25) is 5.91 Å². The van der Waals surface area contributed by atoms with E-state index in [0.29, 0.717) is 10.9 Å². The summed E-state index contributed by atoms with van der Waals surface area (Å²) in [4.78, 5) is 17.0. The highest BCUT2D eigenvalue weighted by Crippen LogP contribution is 2.46. The summed E-state index contributed by atoms with van der Waals surface area (Å²) in [7, 11) is 0. The summed E-state index contributed by atoms with van der Waals surface area (Å²) in [6.07, 6.45) is 1.47. The summed E-state index contributed by atoms with van der Waals surface area (Å²) in [5.74, 6) is 0.401. The molecular weight excluding hydrogens is 290 g/mol. The van der Waals surface area contributed by atoms with E-state index in [9.17, 15) is 4.79 Å². The zero-order chi connectivity index (χ0) is 14.3. The molecule has 104 valence electrons.